The number of hydrogen-bond donors (Lipinski definition) is 0. The highest BCUT2D eigenvalue weighted by Crippen LogP contribution is 2.53. The van der Waals surface area contributed by atoms with Crippen molar-refractivity contribution >= 4 is 29.4 Å². The van der Waals surface area contributed by atoms with Crippen LogP contribution in [0.3, 0.4) is 0 Å². The molecule has 0 spiro atoms. The molecule has 0 saturated carbocycles. The second-order valence-corrected chi connectivity index (χ2v) is 15.3. The first-order valence-corrected chi connectivity index (χ1v) is 18.5. The molecule has 1 aliphatic heterocycles. The SMILES string of the molecule is C1=CC2C(OC3C=c4ccccc4=C4C=CCC2C43)C(C2=CC=C3C=CC4c5cc(C6=Cc7ccccc7CC6)ccc5C=CC4C3C2)=C1. The monoisotopic (exact) mass is 632 g/mol. The van der Waals surface area contributed by atoms with Crippen LogP contribution in [0, 0.1) is 29.6 Å². The molecule has 8 aliphatic rings. The Morgan fingerprint density at radius 2 is 1.67 bits per heavy atom. The number of aryl methyl sites for hydroxylation is 1. The lowest BCUT2D eigenvalue weighted by Gasteiger charge is -2.50. The van der Waals surface area contributed by atoms with Crippen molar-refractivity contribution in [3.8, 4) is 0 Å². The number of allylic oxidation sites excluding steroid dienone is 11. The molecule has 7 aliphatic carbocycles. The van der Waals surface area contributed by atoms with E-state index >= 15 is 0 Å². The van der Waals surface area contributed by atoms with Crippen molar-refractivity contribution in [2.24, 2.45) is 29.6 Å². The molecule has 0 aromatic heterocycles. The van der Waals surface area contributed by atoms with Gasteiger partial charge in [-0.15, -0.1) is 0 Å². The third-order valence-electron chi connectivity index (χ3n) is 13.0. The van der Waals surface area contributed by atoms with Crippen LogP contribution in [-0.2, 0) is 11.2 Å². The average Bonchev–Trinajstić information content (AvgIpc) is 3.17. The molecule has 49 heavy (non-hydrogen) atoms. The minimum absolute atomic E-state index is 0.0979. The maximum atomic E-state index is 7.21. The Balaban J connectivity index is 0.898. The molecule has 8 atom stereocenters. The van der Waals surface area contributed by atoms with Gasteiger partial charge in [-0.25, -0.2) is 0 Å². The van der Waals surface area contributed by atoms with E-state index in [4.69, 9.17) is 4.74 Å². The number of benzene rings is 3. The standard InChI is InChI=1S/C48H40O/c1-2-8-32-25-33(18-15-29(32)7-1)34-19-16-30-21-24-40-39(44(30)26-34)23-22-31-17-20-36(27-45(31)40)38-11-5-14-43-42-13-6-12-41-37-10-4-3-9-35(37)28-46(47(41)42)49-48(38)43/h1-12,14,16-17,19-26,28,39-40,42-43,45-48H,13,15,18,27H2. The molecule has 1 heteroatoms. The topological polar surface area (TPSA) is 9.23 Å². The molecule has 0 bridgehead atoms. The fourth-order valence-corrected chi connectivity index (χ4v) is 10.7. The van der Waals surface area contributed by atoms with E-state index in [9.17, 15) is 0 Å². The lowest BCUT2D eigenvalue weighted by Crippen LogP contribution is -2.53. The largest absolute Gasteiger partial charge is 0.365 e. The predicted molar refractivity (Wildman–Crippen MR) is 201 cm³/mol. The molecule has 3 aromatic rings. The molecule has 238 valence electrons. The average molecular weight is 633 g/mol. The van der Waals surface area contributed by atoms with Crippen LogP contribution in [0.25, 0.3) is 29.4 Å². The molecule has 1 saturated heterocycles. The van der Waals surface area contributed by atoms with Gasteiger partial charge >= 0.3 is 0 Å². The highest BCUT2D eigenvalue weighted by molar-refractivity contribution is 5.85. The van der Waals surface area contributed by atoms with E-state index in [0.717, 1.165) is 25.7 Å². The van der Waals surface area contributed by atoms with Crippen molar-refractivity contribution in [2.45, 2.75) is 43.8 Å². The molecule has 0 N–H and O–H groups in total. The second-order valence-electron chi connectivity index (χ2n) is 15.3. The minimum atomic E-state index is 0.0979. The Labute approximate surface area is 289 Å². The molecular weight excluding hydrogens is 593 g/mol. The third-order valence-corrected chi connectivity index (χ3v) is 13.0. The van der Waals surface area contributed by atoms with Crippen LogP contribution in [0.1, 0.15) is 53.0 Å². The van der Waals surface area contributed by atoms with Gasteiger partial charge < -0.3 is 4.74 Å². The third kappa shape index (κ3) is 4.35. The summed E-state index contributed by atoms with van der Waals surface area (Å²) in [7, 11) is 0. The van der Waals surface area contributed by atoms with Gasteiger partial charge in [0.25, 0.3) is 0 Å². The summed E-state index contributed by atoms with van der Waals surface area (Å²) in [6.45, 7) is 0. The van der Waals surface area contributed by atoms with Gasteiger partial charge in [-0.2, -0.15) is 0 Å². The van der Waals surface area contributed by atoms with E-state index in [0.29, 0.717) is 35.5 Å². The maximum Gasteiger partial charge on any atom is 0.0901 e. The van der Waals surface area contributed by atoms with Gasteiger partial charge in [0.15, 0.2) is 0 Å². The first-order chi connectivity index (χ1) is 24.3. The van der Waals surface area contributed by atoms with Crippen molar-refractivity contribution in [3.05, 3.63) is 182 Å². The fourth-order valence-electron chi connectivity index (χ4n) is 10.7. The molecule has 1 heterocycles. The van der Waals surface area contributed by atoms with Crippen molar-refractivity contribution < 1.29 is 4.74 Å². The number of ether oxygens (including phenoxy) is 1. The van der Waals surface area contributed by atoms with E-state index < -0.39 is 0 Å². The highest BCUT2D eigenvalue weighted by Gasteiger charge is 2.49. The number of hydrogen-bond acceptors (Lipinski definition) is 1. The van der Waals surface area contributed by atoms with Gasteiger partial charge in [-0.05, 0) is 116 Å². The molecule has 0 radical (unpaired) electrons. The lowest BCUT2D eigenvalue weighted by atomic mass is 9.61. The predicted octanol–water partition coefficient (Wildman–Crippen LogP) is 9.06. The smallest absolute Gasteiger partial charge is 0.0901 e. The molecule has 11 rings (SSSR count). The Kier molecular flexibility index (Phi) is 6.26. The lowest BCUT2D eigenvalue weighted by molar-refractivity contribution is -0.0731. The number of fused-ring (bicyclic) bond motifs is 9. The summed E-state index contributed by atoms with van der Waals surface area (Å²) in [4.78, 5) is 0. The van der Waals surface area contributed by atoms with Gasteiger partial charge in [-0.1, -0.05) is 140 Å². The molecule has 1 nitrogen and oxygen atoms in total. The van der Waals surface area contributed by atoms with Gasteiger partial charge in [-0.3, -0.25) is 0 Å². The van der Waals surface area contributed by atoms with E-state index in [1.54, 1.807) is 0 Å². The second kappa shape index (κ2) is 10.9. The van der Waals surface area contributed by atoms with Crippen LogP contribution in [0.5, 0.6) is 0 Å². The van der Waals surface area contributed by atoms with Crippen LogP contribution in [-0.4, -0.2) is 12.2 Å². The molecular formula is C48H40O. The van der Waals surface area contributed by atoms with Gasteiger partial charge in [0.05, 0.1) is 12.2 Å². The summed E-state index contributed by atoms with van der Waals surface area (Å²) in [5.74, 6) is 2.71. The van der Waals surface area contributed by atoms with Crippen molar-refractivity contribution in [1.82, 2.24) is 0 Å². The van der Waals surface area contributed by atoms with Crippen LogP contribution < -0.4 is 10.4 Å². The fraction of sp³-hybridized carbons (Fsp3) is 0.250. The van der Waals surface area contributed by atoms with E-state index in [2.05, 4.69) is 146 Å². The first kappa shape index (κ1) is 28.2. The summed E-state index contributed by atoms with van der Waals surface area (Å²) in [6, 6.07) is 25.0. The van der Waals surface area contributed by atoms with Gasteiger partial charge in [0.2, 0.25) is 0 Å². The number of rotatable bonds is 2. The van der Waals surface area contributed by atoms with Gasteiger partial charge in [0, 0.05) is 17.8 Å². The van der Waals surface area contributed by atoms with Crippen LogP contribution in [0.2, 0.25) is 0 Å². The summed E-state index contributed by atoms with van der Waals surface area (Å²) < 4.78 is 7.21. The zero-order chi connectivity index (χ0) is 32.1. The van der Waals surface area contributed by atoms with E-state index in [1.165, 1.54) is 66.1 Å². The first-order valence-electron chi connectivity index (χ1n) is 18.5. The van der Waals surface area contributed by atoms with Crippen molar-refractivity contribution in [2.75, 3.05) is 0 Å². The molecule has 3 aromatic carbocycles. The van der Waals surface area contributed by atoms with Crippen LogP contribution >= 0.6 is 0 Å². The molecule has 8 unspecified atom stereocenters. The van der Waals surface area contributed by atoms with Crippen LogP contribution in [0.4, 0.5) is 0 Å². The van der Waals surface area contributed by atoms with E-state index in [1.807, 2.05) is 0 Å². The zero-order valence-electron chi connectivity index (χ0n) is 27.7. The Morgan fingerprint density at radius 3 is 2.67 bits per heavy atom. The maximum absolute atomic E-state index is 7.21. The summed E-state index contributed by atoms with van der Waals surface area (Å²) in [5.41, 5.74) is 14.4. The summed E-state index contributed by atoms with van der Waals surface area (Å²) in [6.07, 6.45) is 36.1. The Bertz CT molecular complexity index is 2310. The van der Waals surface area contributed by atoms with Crippen molar-refractivity contribution in [3.63, 3.8) is 0 Å². The zero-order valence-corrected chi connectivity index (χ0v) is 27.7. The van der Waals surface area contributed by atoms with Crippen LogP contribution in [0.15, 0.2) is 144 Å². The normalized spacial score (nSPS) is 32.4. The van der Waals surface area contributed by atoms with Gasteiger partial charge in [0.1, 0.15) is 0 Å². The Morgan fingerprint density at radius 1 is 0.735 bits per heavy atom. The quantitative estimate of drug-likeness (QED) is 0.274. The highest BCUT2D eigenvalue weighted by atomic mass is 16.5. The molecule has 1 fully saturated rings. The minimum Gasteiger partial charge on any atom is -0.365 e. The van der Waals surface area contributed by atoms with E-state index in [-0.39, 0.29) is 12.2 Å². The van der Waals surface area contributed by atoms with Crippen molar-refractivity contribution in [1.29, 1.82) is 0 Å². The summed E-state index contributed by atoms with van der Waals surface area (Å²) >= 11 is 0. The Hall–Kier alpha value is -4.72. The summed E-state index contributed by atoms with van der Waals surface area (Å²) in [5, 5.41) is 2.71. The molecule has 0 amide bonds.